The van der Waals surface area contributed by atoms with Crippen molar-refractivity contribution in [2.75, 3.05) is 12.4 Å². The minimum absolute atomic E-state index is 0.00111. The van der Waals surface area contributed by atoms with Crippen molar-refractivity contribution in [2.24, 2.45) is 0 Å². The Morgan fingerprint density at radius 1 is 1.50 bits per heavy atom. The largest absolute Gasteiger partial charge is 0.466 e. The molecule has 0 atom stereocenters. The summed E-state index contributed by atoms with van der Waals surface area (Å²) in [4.78, 5) is 14.0. The fourth-order valence-corrected chi connectivity index (χ4v) is 1.76. The van der Waals surface area contributed by atoms with Crippen LogP contribution in [0.2, 0.25) is 0 Å². The zero-order valence-corrected chi connectivity index (χ0v) is 12.0. The van der Waals surface area contributed by atoms with Crippen LogP contribution in [0.15, 0.2) is 10.5 Å². The number of carbonyl (C=O) groups excluding carboxylic acids is 1. The molecule has 0 aliphatic heterocycles. The Morgan fingerprint density at radius 3 is 2.44 bits per heavy atom. The summed E-state index contributed by atoms with van der Waals surface area (Å²) in [6.07, 6.45) is 0. The third-order valence-electron chi connectivity index (χ3n) is 2.81. The summed E-state index contributed by atoms with van der Waals surface area (Å²) in [6.45, 7) is 7.69. The fraction of sp³-hybridized carbons (Fsp3) is 0.583. The SMILES string of the molecule is Cc1cc(C(=O)N(C)C(C)(C)CBr)c(C)o1. The summed E-state index contributed by atoms with van der Waals surface area (Å²) in [5, 5.41) is 0.734. The van der Waals surface area contributed by atoms with Gasteiger partial charge in [-0.05, 0) is 33.8 Å². The Labute approximate surface area is 105 Å². The predicted molar refractivity (Wildman–Crippen MR) is 68.1 cm³/mol. The molecule has 0 aliphatic carbocycles. The highest BCUT2D eigenvalue weighted by Gasteiger charge is 2.28. The molecule has 0 bridgehead atoms. The number of aryl methyl sites for hydroxylation is 2. The first kappa shape index (κ1) is 13.3. The average molecular weight is 288 g/mol. The van der Waals surface area contributed by atoms with E-state index in [4.69, 9.17) is 4.42 Å². The van der Waals surface area contributed by atoms with Gasteiger partial charge in [-0.3, -0.25) is 4.79 Å². The molecule has 0 fully saturated rings. The molecule has 0 saturated carbocycles. The van der Waals surface area contributed by atoms with Gasteiger partial charge < -0.3 is 9.32 Å². The molecule has 4 heteroatoms. The number of carbonyl (C=O) groups is 1. The molecule has 90 valence electrons. The van der Waals surface area contributed by atoms with Crippen LogP contribution in [0.5, 0.6) is 0 Å². The second-order valence-corrected chi connectivity index (χ2v) is 5.20. The van der Waals surface area contributed by atoms with E-state index in [1.54, 1.807) is 11.0 Å². The molecule has 0 N–H and O–H groups in total. The van der Waals surface area contributed by atoms with Gasteiger partial charge in [0.15, 0.2) is 0 Å². The van der Waals surface area contributed by atoms with E-state index in [1.165, 1.54) is 0 Å². The minimum atomic E-state index is -0.214. The number of halogens is 1. The second kappa shape index (κ2) is 4.62. The van der Waals surface area contributed by atoms with Crippen molar-refractivity contribution in [1.29, 1.82) is 0 Å². The third-order valence-corrected chi connectivity index (χ3v) is 4.18. The smallest absolute Gasteiger partial charge is 0.257 e. The molecule has 1 rings (SSSR count). The molecule has 16 heavy (non-hydrogen) atoms. The Balaban J connectivity index is 2.99. The Hall–Kier alpha value is -0.770. The summed E-state index contributed by atoms with van der Waals surface area (Å²) in [5.74, 6) is 1.45. The lowest BCUT2D eigenvalue weighted by atomic mass is 10.1. The lowest BCUT2D eigenvalue weighted by Gasteiger charge is -2.33. The van der Waals surface area contributed by atoms with E-state index in [0.717, 1.165) is 11.1 Å². The number of hydrogen-bond acceptors (Lipinski definition) is 2. The zero-order valence-electron chi connectivity index (χ0n) is 10.4. The molecule has 1 amide bonds. The predicted octanol–water partition coefficient (Wildman–Crippen LogP) is 3.14. The van der Waals surface area contributed by atoms with Crippen molar-refractivity contribution >= 4 is 21.8 Å². The van der Waals surface area contributed by atoms with Gasteiger partial charge in [0.25, 0.3) is 5.91 Å². The number of furan rings is 1. The van der Waals surface area contributed by atoms with Crippen LogP contribution in [-0.4, -0.2) is 28.7 Å². The van der Waals surface area contributed by atoms with Gasteiger partial charge in [0.2, 0.25) is 0 Å². The van der Waals surface area contributed by atoms with E-state index < -0.39 is 0 Å². The highest BCUT2D eigenvalue weighted by atomic mass is 79.9. The Kier molecular flexibility index (Phi) is 3.84. The van der Waals surface area contributed by atoms with Crippen LogP contribution in [-0.2, 0) is 0 Å². The molecule has 0 unspecified atom stereocenters. The summed E-state index contributed by atoms with van der Waals surface area (Å²) >= 11 is 3.42. The minimum Gasteiger partial charge on any atom is -0.466 e. The molecular weight excluding hydrogens is 270 g/mol. The molecule has 1 heterocycles. The van der Waals surface area contributed by atoms with E-state index in [2.05, 4.69) is 15.9 Å². The topological polar surface area (TPSA) is 33.5 Å². The lowest BCUT2D eigenvalue weighted by Crippen LogP contribution is -2.46. The van der Waals surface area contributed by atoms with Gasteiger partial charge in [0.05, 0.1) is 5.56 Å². The number of alkyl halides is 1. The van der Waals surface area contributed by atoms with Crippen molar-refractivity contribution in [1.82, 2.24) is 4.90 Å². The lowest BCUT2D eigenvalue weighted by molar-refractivity contribution is 0.0662. The molecular formula is C12H18BrNO2. The summed E-state index contributed by atoms with van der Waals surface area (Å²) < 4.78 is 5.37. The van der Waals surface area contributed by atoms with E-state index in [0.29, 0.717) is 11.3 Å². The molecule has 0 aromatic carbocycles. The van der Waals surface area contributed by atoms with E-state index in [9.17, 15) is 4.79 Å². The fourth-order valence-electron chi connectivity index (χ4n) is 1.39. The highest BCUT2D eigenvalue weighted by Crippen LogP contribution is 2.21. The molecule has 0 aliphatic rings. The van der Waals surface area contributed by atoms with Crippen LogP contribution in [0.4, 0.5) is 0 Å². The van der Waals surface area contributed by atoms with Crippen LogP contribution in [0, 0.1) is 13.8 Å². The molecule has 1 aromatic rings. The van der Waals surface area contributed by atoms with Gasteiger partial charge >= 0.3 is 0 Å². The standard InChI is InChI=1S/C12H18BrNO2/c1-8-6-10(9(2)16-8)11(15)14(5)12(3,4)7-13/h6H,7H2,1-5H3. The summed E-state index contributed by atoms with van der Waals surface area (Å²) in [5.41, 5.74) is 0.434. The number of nitrogens with zero attached hydrogens (tertiary/aromatic N) is 1. The number of hydrogen-bond donors (Lipinski definition) is 0. The molecule has 1 aromatic heterocycles. The van der Waals surface area contributed by atoms with Crippen molar-refractivity contribution in [2.45, 2.75) is 33.2 Å². The van der Waals surface area contributed by atoms with E-state index >= 15 is 0 Å². The molecule has 3 nitrogen and oxygen atoms in total. The summed E-state index contributed by atoms with van der Waals surface area (Å²) in [6, 6.07) is 1.79. The van der Waals surface area contributed by atoms with Gasteiger partial charge in [-0.15, -0.1) is 0 Å². The average Bonchev–Trinajstić information content (AvgIpc) is 2.55. The molecule has 0 saturated heterocycles. The molecule has 0 radical (unpaired) electrons. The zero-order chi connectivity index (χ0) is 12.5. The van der Waals surface area contributed by atoms with E-state index in [-0.39, 0.29) is 11.4 Å². The Bertz CT molecular complexity index is 396. The van der Waals surface area contributed by atoms with Crippen LogP contribution < -0.4 is 0 Å². The van der Waals surface area contributed by atoms with Crippen molar-refractivity contribution in [3.8, 4) is 0 Å². The van der Waals surface area contributed by atoms with Crippen molar-refractivity contribution in [3.05, 3.63) is 23.2 Å². The van der Waals surface area contributed by atoms with Gasteiger partial charge in [-0.2, -0.15) is 0 Å². The van der Waals surface area contributed by atoms with Gasteiger partial charge in [-0.25, -0.2) is 0 Å². The van der Waals surface area contributed by atoms with Crippen molar-refractivity contribution in [3.63, 3.8) is 0 Å². The quantitative estimate of drug-likeness (QED) is 0.801. The van der Waals surface area contributed by atoms with E-state index in [1.807, 2.05) is 34.7 Å². The number of rotatable bonds is 3. The van der Waals surface area contributed by atoms with Gasteiger partial charge in [-0.1, -0.05) is 15.9 Å². The summed E-state index contributed by atoms with van der Waals surface area (Å²) in [7, 11) is 1.81. The van der Waals surface area contributed by atoms with Crippen LogP contribution in [0.25, 0.3) is 0 Å². The van der Waals surface area contributed by atoms with Crippen LogP contribution in [0.3, 0.4) is 0 Å². The van der Waals surface area contributed by atoms with Gasteiger partial charge in [0, 0.05) is 17.9 Å². The highest BCUT2D eigenvalue weighted by molar-refractivity contribution is 9.09. The maximum atomic E-state index is 12.2. The maximum absolute atomic E-state index is 12.2. The first-order valence-corrected chi connectivity index (χ1v) is 6.33. The first-order valence-electron chi connectivity index (χ1n) is 5.20. The van der Waals surface area contributed by atoms with Crippen molar-refractivity contribution < 1.29 is 9.21 Å². The number of amides is 1. The Morgan fingerprint density at radius 2 is 2.06 bits per heavy atom. The maximum Gasteiger partial charge on any atom is 0.257 e. The first-order chi connectivity index (χ1) is 7.29. The third kappa shape index (κ3) is 2.48. The van der Waals surface area contributed by atoms with Gasteiger partial charge in [0.1, 0.15) is 11.5 Å². The molecule has 0 spiro atoms. The van der Waals surface area contributed by atoms with Crippen LogP contribution in [0.1, 0.15) is 35.7 Å². The monoisotopic (exact) mass is 287 g/mol. The van der Waals surface area contributed by atoms with Crippen LogP contribution >= 0.6 is 15.9 Å². The normalized spacial score (nSPS) is 11.6. The second-order valence-electron chi connectivity index (χ2n) is 4.64.